The van der Waals surface area contributed by atoms with Gasteiger partial charge in [0.15, 0.2) is 5.13 Å². The Morgan fingerprint density at radius 1 is 1.33 bits per heavy atom. The van der Waals surface area contributed by atoms with Crippen molar-refractivity contribution in [3.8, 4) is 22.8 Å². The molecule has 1 aliphatic rings. The predicted molar refractivity (Wildman–Crippen MR) is 109 cm³/mol. The average molecular weight is 390 g/mol. The molecule has 2 aromatic rings. The lowest BCUT2D eigenvalue weighted by Gasteiger charge is -2.20. The molecule has 1 aromatic heterocycles. The maximum absolute atomic E-state index is 12.4. The first kappa shape index (κ1) is 19.6. The van der Waals surface area contributed by atoms with Gasteiger partial charge in [-0.15, -0.1) is 11.3 Å². The Morgan fingerprint density at radius 2 is 2.15 bits per heavy atom. The molecule has 1 aromatic carbocycles. The zero-order valence-electron chi connectivity index (χ0n) is 16.2. The first-order valence-electron chi connectivity index (χ1n) is 9.33. The van der Waals surface area contributed by atoms with Crippen LogP contribution in [0.15, 0.2) is 23.6 Å². The maximum atomic E-state index is 12.4. The van der Waals surface area contributed by atoms with Gasteiger partial charge in [-0.3, -0.25) is 9.69 Å². The molecule has 6 nitrogen and oxygen atoms in total. The van der Waals surface area contributed by atoms with Gasteiger partial charge < -0.3 is 14.8 Å². The normalized spacial score (nSPS) is 13.6. The monoisotopic (exact) mass is 389 g/mol. The third-order valence-electron chi connectivity index (χ3n) is 4.56. The molecule has 1 amide bonds. The SMILES string of the molecule is CCCN(CC(=O)Nc1nc(-c2ccc(OC)cc2OC)cs1)CC1CC1. The van der Waals surface area contributed by atoms with Crippen LogP contribution in [0.25, 0.3) is 11.3 Å². The van der Waals surface area contributed by atoms with E-state index < -0.39 is 0 Å². The van der Waals surface area contributed by atoms with E-state index in [2.05, 4.69) is 22.1 Å². The van der Waals surface area contributed by atoms with Crippen molar-refractivity contribution in [2.24, 2.45) is 5.92 Å². The number of hydrogen-bond donors (Lipinski definition) is 1. The summed E-state index contributed by atoms with van der Waals surface area (Å²) in [7, 11) is 3.24. The van der Waals surface area contributed by atoms with E-state index in [1.54, 1.807) is 14.2 Å². The molecule has 1 saturated carbocycles. The summed E-state index contributed by atoms with van der Waals surface area (Å²) in [5.41, 5.74) is 1.65. The van der Waals surface area contributed by atoms with Crippen LogP contribution >= 0.6 is 11.3 Å². The largest absolute Gasteiger partial charge is 0.497 e. The van der Waals surface area contributed by atoms with Gasteiger partial charge in [0.2, 0.25) is 5.91 Å². The van der Waals surface area contributed by atoms with Crippen LogP contribution in [0.3, 0.4) is 0 Å². The van der Waals surface area contributed by atoms with E-state index in [0.29, 0.717) is 17.4 Å². The summed E-state index contributed by atoms with van der Waals surface area (Å²) in [6.45, 7) is 4.54. The lowest BCUT2D eigenvalue weighted by molar-refractivity contribution is -0.117. The topological polar surface area (TPSA) is 63.7 Å². The van der Waals surface area contributed by atoms with Crippen molar-refractivity contribution in [3.05, 3.63) is 23.6 Å². The van der Waals surface area contributed by atoms with Crippen molar-refractivity contribution >= 4 is 22.4 Å². The van der Waals surface area contributed by atoms with Gasteiger partial charge in [0.1, 0.15) is 11.5 Å². The molecule has 0 atom stereocenters. The summed E-state index contributed by atoms with van der Waals surface area (Å²) in [5.74, 6) is 2.19. The molecule has 0 bridgehead atoms. The molecule has 27 heavy (non-hydrogen) atoms. The number of ether oxygens (including phenoxy) is 2. The van der Waals surface area contributed by atoms with E-state index in [-0.39, 0.29) is 5.91 Å². The van der Waals surface area contributed by atoms with Crippen LogP contribution < -0.4 is 14.8 Å². The van der Waals surface area contributed by atoms with Crippen molar-refractivity contribution in [3.63, 3.8) is 0 Å². The number of benzene rings is 1. The lowest BCUT2D eigenvalue weighted by Crippen LogP contribution is -2.35. The van der Waals surface area contributed by atoms with Crippen molar-refractivity contribution in [1.29, 1.82) is 0 Å². The average Bonchev–Trinajstić information content (AvgIpc) is 3.36. The van der Waals surface area contributed by atoms with Crippen molar-refractivity contribution < 1.29 is 14.3 Å². The van der Waals surface area contributed by atoms with Crippen LogP contribution in [0, 0.1) is 5.92 Å². The first-order valence-corrected chi connectivity index (χ1v) is 10.2. The smallest absolute Gasteiger partial charge is 0.240 e. The Labute approximate surface area is 164 Å². The third-order valence-corrected chi connectivity index (χ3v) is 5.31. The number of carbonyl (C=O) groups is 1. The van der Waals surface area contributed by atoms with Gasteiger partial charge in [0, 0.05) is 23.6 Å². The molecule has 146 valence electrons. The van der Waals surface area contributed by atoms with Crippen LogP contribution in [0.4, 0.5) is 5.13 Å². The number of thiazole rings is 1. The zero-order chi connectivity index (χ0) is 19.2. The Kier molecular flexibility index (Phi) is 6.68. The Hall–Kier alpha value is -2.12. The number of rotatable bonds is 10. The summed E-state index contributed by atoms with van der Waals surface area (Å²) < 4.78 is 10.7. The summed E-state index contributed by atoms with van der Waals surface area (Å²) in [4.78, 5) is 19.2. The highest BCUT2D eigenvalue weighted by Crippen LogP contribution is 2.35. The fourth-order valence-corrected chi connectivity index (χ4v) is 3.77. The molecule has 1 heterocycles. The number of nitrogens with zero attached hydrogens (tertiary/aromatic N) is 2. The highest BCUT2D eigenvalue weighted by atomic mass is 32.1. The van der Waals surface area contributed by atoms with Crippen molar-refractivity contribution in [2.45, 2.75) is 26.2 Å². The second-order valence-electron chi connectivity index (χ2n) is 6.83. The molecule has 0 radical (unpaired) electrons. The molecule has 1 fully saturated rings. The van der Waals surface area contributed by atoms with Crippen LogP contribution in [-0.4, -0.2) is 49.6 Å². The maximum Gasteiger partial charge on any atom is 0.240 e. The number of anilines is 1. The first-order chi connectivity index (χ1) is 13.1. The fraction of sp³-hybridized carbons (Fsp3) is 0.500. The minimum Gasteiger partial charge on any atom is -0.497 e. The predicted octanol–water partition coefficient (Wildman–Crippen LogP) is 3.89. The Balaban J connectivity index is 1.64. The number of carbonyl (C=O) groups excluding carboxylic acids is 1. The van der Waals surface area contributed by atoms with Crippen molar-refractivity contribution in [1.82, 2.24) is 9.88 Å². The molecule has 0 spiro atoms. The molecule has 0 unspecified atom stereocenters. The molecule has 3 rings (SSSR count). The number of hydrogen-bond acceptors (Lipinski definition) is 6. The second kappa shape index (κ2) is 9.19. The highest BCUT2D eigenvalue weighted by molar-refractivity contribution is 7.14. The van der Waals surface area contributed by atoms with Crippen LogP contribution in [-0.2, 0) is 4.79 Å². The van der Waals surface area contributed by atoms with E-state index in [1.807, 2.05) is 23.6 Å². The minimum atomic E-state index is -0.00769. The van der Waals surface area contributed by atoms with Gasteiger partial charge >= 0.3 is 0 Å². The summed E-state index contributed by atoms with van der Waals surface area (Å²) in [5, 5.41) is 5.47. The van der Waals surface area contributed by atoms with E-state index in [4.69, 9.17) is 9.47 Å². The zero-order valence-corrected chi connectivity index (χ0v) is 17.0. The van der Waals surface area contributed by atoms with Gasteiger partial charge in [0.25, 0.3) is 0 Å². The number of aromatic nitrogens is 1. The number of amides is 1. The molecule has 0 saturated heterocycles. The molecule has 1 aliphatic carbocycles. The van der Waals surface area contributed by atoms with Gasteiger partial charge in [-0.1, -0.05) is 6.92 Å². The Bertz CT molecular complexity index is 774. The lowest BCUT2D eigenvalue weighted by atomic mass is 10.1. The molecule has 1 N–H and O–H groups in total. The Morgan fingerprint density at radius 3 is 2.81 bits per heavy atom. The molecular formula is C20H27N3O3S. The van der Waals surface area contributed by atoms with Crippen molar-refractivity contribution in [2.75, 3.05) is 39.2 Å². The third kappa shape index (κ3) is 5.43. The van der Waals surface area contributed by atoms with Crippen LogP contribution in [0.2, 0.25) is 0 Å². The van der Waals surface area contributed by atoms with E-state index >= 15 is 0 Å². The number of nitrogens with one attached hydrogen (secondary N) is 1. The van der Waals surface area contributed by atoms with Gasteiger partial charge in [-0.05, 0) is 43.9 Å². The van der Waals surface area contributed by atoms with Gasteiger partial charge in [-0.25, -0.2) is 4.98 Å². The van der Waals surface area contributed by atoms with Gasteiger partial charge in [-0.2, -0.15) is 0 Å². The van der Waals surface area contributed by atoms with Crippen LogP contribution in [0.1, 0.15) is 26.2 Å². The summed E-state index contributed by atoms with van der Waals surface area (Å²) in [6.07, 6.45) is 3.64. The molecule has 0 aliphatic heterocycles. The van der Waals surface area contributed by atoms with E-state index in [0.717, 1.165) is 42.4 Å². The fourth-order valence-electron chi connectivity index (χ4n) is 3.04. The molecule has 7 heteroatoms. The van der Waals surface area contributed by atoms with E-state index in [1.165, 1.54) is 24.2 Å². The van der Waals surface area contributed by atoms with Gasteiger partial charge in [0.05, 0.1) is 26.5 Å². The highest BCUT2D eigenvalue weighted by Gasteiger charge is 2.25. The van der Waals surface area contributed by atoms with Crippen LogP contribution in [0.5, 0.6) is 11.5 Å². The van der Waals surface area contributed by atoms with E-state index in [9.17, 15) is 4.79 Å². The quantitative estimate of drug-likeness (QED) is 0.668. The summed E-state index contributed by atoms with van der Waals surface area (Å²) in [6, 6.07) is 5.61. The molecular weight excluding hydrogens is 362 g/mol. The standard InChI is InChI=1S/C20H27N3O3S/c1-4-9-23(11-14-5-6-14)12-19(24)22-20-21-17(13-27-20)16-8-7-15(25-2)10-18(16)26-3/h7-8,10,13-14H,4-6,9,11-12H2,1-3H3,(H,21,22,24). The second-order valence-corrected chi connectivity index (χ2v) is 7.69. The minimum absolute atomic E-state index is 0.00769. The summed E-state index contributed by atoms with van der Waals surface area (Å²) >= 11 is 1.42. The number of methoxy groups -OCH3 is 2.